The topological polar surface area (TPSA) is 34.1 Å². The van der Waals surface area contributed by atoms with Crippen molar-refractivity contribution in [3.05, 3.63) is 96.3 Å². The first-order valence-corrected chi connectivity index (χ1v) is 8.15. The number of hydrogen-bond donors (Lipinski definition) is 1. The van der Waals surface area contributed by atoms with Crippen LogP contribution in [-0.2, 0) is 13.2 Å². The summed E-state index contributed by atoms with van der Waals surface area (Å²) in [5, 5.41) is 3.24. The molecule has 0 fully saturated rings. The zero-order valence-electron chi connectivity index (χ0n) is 14.3. The Hall–Kier alpha value is -3.25. The molecule has 2 aromatic carbocycles. The Morgan fingerprint density at radius 1 is 1.12 bits per heavy atom. The van der Waals surface area contributed by atoms with Crippen molar-refractivity contribution in [3.8, 4) is 17.0 Å². The molecule has 1 heterocycles. The molecular weight excluding hydrogens is 308 g/mol. The maximum Gasteiger partial charge on any atom is 0.129 e. The van der Waals surface area contributed by atoms with Gasteiger partial charge in [-0.15, -0.1) is 0 Å². The minimum absolute atomic E-state index is 0.501. The maximum absolute atomic E-state index is 6.06. The highest BCUT2D eigenvalue weighted by Gasteiger charge is 2.07. The van der Waals surface area contributed by atoms with E-state index in [2.05, 4.69) is 47.2 Å². The van der Waals surface area contributed by atoms with Gasteiger partial charge in [-0.1, -0.05) is 49.0 Å². The number of aromatic nitrogens is 1. The fourth-order valence-corrected chi connectivity index (χ4v) is 2.48. The second-order valence-electron chi connectivity index (χ2n) is 5.82. The molecule has 0 aliphatic rings. The van der Waals surface area contributed by atoms with Crippen molar-refractivity contribution in [1.29, 1.82) is 0 Å². The average Bonchev–Trinajstić information content (AvgIpc) is 2.66. The van der Waals surface area contributed by atoms with E-state index in [1.807, 2.05) is 43.3 Å². The summed E-state index contributed by atoms with van der Waals surface area (Å²) in [7, 11) is 0. The lowest BCUT2D eigenvalue weighted by molar-refractivity contribution is 0.307. The van der Waals surface area contributed by atoms with Gasteiger partial charge in [0.1, 0.15) is 12.4 Å². The van der Waals surface area contributed by atoms with E-state index in [1.165, 1.54) is 5.56 Å². The van der Waals surface area contributed by atoms with Gasteiger partial charge in [0, 0.05) is 23.9 Å². The second kappa shape index (κ2) is 8.03. The monoisotopic (exact) mass is 328 g/mol. The van der Waals surface area contributed by atoms with Crippen LogP contribution in [0.2, 0.25) is 0 Å². The lowest BCUT2D eigenvalue weighted by Gasteiger charge is -2.12. The standard InChI is InChI=1S/C22H20N2O/c1-17(2)24-15-18-8-7-9-19(14-18)16-25-22-12-4-3-10-20(22)21-11-5-6-13-23-21/h3-4,7-14,24H,1,15-16H2,2H3. The molecule has 3 rings (SSSR count). The molecule has 1 aromatic heterocycles. The van der Waals surface area contributed by atoms with E-state index in [0.29, 0.717) is 6.61 Å². The lowest BCUT2D eigenvalue weighted by atomic mass is 10.1. The molecular formula is C22H20N2O. The normalized spacial score (nSPS) is 9.96. The molecule has 1 N–H and O–H groups in total. The van der Waals surface area contributed by atoms with Gasteiger partial charge in [0.25, 0.3) is 0 Å². The minimum atomic E-state index is 0.501. The van der Waals surface area contributed by atoms with Gasteiger partial charge in [0.15, 0.2) is 0 Å². The van der Waals surface area contributed by atoms with Crippen LogP contribution < -0.4 is 10.1 Å². The molecule has 3 aromatic rings. The molecule has 0 atom stereocenters. The van der Waals surface area contributed by atoms with Gasteiger partial charge in [-0.2, -0.15) is 0 Å². The first-order valence-electron chi connectivity index (χ1n) is 8.15. The van der Waals surface area contributed by atoms with Crippen molar-refractivity contribution in [3.63, 3.8) is 0 Å². The molecule has 0 bridgehead atoms. The smallest absolute Gasteiger partial charge is 0.129 e. The zero-order valence-corrected chi connectivity index (χ0v) is 14.3. The molecule has 124 valence electrons. The van der Waals surface area contributed by atoms with E-state index in [-0.39, 0.29) is 0 Å². The van der Waals surface area contributed by atoms with E-state index in [4.69, 9.17) is 4.74 Å². The van der Waals surface area contributed by atoms with Crippen LogP contribution in [0.25, 0.3) is 11.3 Å². The van der Waals surface area contributed by atoms with Gasteiger partial charge >= 0.3 is 0 Å². The zero-order chi connectivity index (χ0) is 17.5. The summed E-state index contributed by atoms with van der Waals surface area (Å²) < 4.78 is 6.06. The Morgan fingerprint density at radius 3 is 2.76 bits per heavy atom. The summed E-state index contributed by atoms with van der Waals surface area (Å²) in [6.07, 6.45) is 1.62. The van der Waals surface area contributed by atoms with Crippen LogP contribution in [0.5, 0.6) is 5.75 Å². The van der Waals surface area contributed by atoms with Crippen molar-refractivity contribution in [2.24, 2.45) is 0 Å². The van der Waals surface area contributed by atoms with Gasteiger partial charge in [-0.05, 0) is 36.2 Å². The molecule has 25 heavy (non-hydrogen) atoms. The van der Waals surface area contributed by atoms with Gasteiger partial charge in [0.05, 0.1) is 11.9 Å². The van der Waals surface area contributed by atoms with Crippen LogP contribution in [-0.4, -0.2) is 4.98 Å². The van der Waals surface area contributed by atoms with Crippen molar-refractivity contribution in [2.45, 2.75) is 20.1 Å². The quantitative estimate of drug-likeness (QED) is 0.691. The first-order chi connectivity index (χ1) is 12.2. The SMILES string of the molecule is C=C(C)NCc1cccc(COc2ccccc2-c2cc#ccn2)c1. The maximum atomic E-state index is 6.06. The van der Waals surface area contributed by atoms with Crippen molar-refractivity contribution in [1.82, 2.24) is 10.3 Å². The number of hydrogen-bond acceptors (Lipinski definition) is 3. The van der Waals surface area contributed by atoms with Crippen LogP contribution in [0.15, 0.2) is 73.1 Å². The predicted octanol–water partition coefficient (Wildman–Crippen LogP) is 4.55. The number of para-hydroxylation sites is 1. The molecule has 3 nitrogen and oxygen atoms in total. The van der Waals surface area contributed by atoms with Crippen LogP contribution in [0, 0.1) is 12.1 Å². The lowest BCUT2D eigenvalue weighted by Crippen LogP contribution is -2.09. The van der Waals surface area contributed by atoms with Crippen LogP contribution in [0.3, 0.4) is 0 Å². The first kappa shape index (κ1) is 16.6. The summed E-state index contributed by atoms with van der Waals surface area (Å²) in [5.74, 6) is 0.806. The number of ether oxygens (including phenoxy) is 1. The number of rotatable bonds is 7. The van der Waals surface area contributed by atoms with Crippen molar-refractivity contribution < 1.29 is 4.74 Å². The predicted molar refractivity (Wildman–Crippen MR) is 99.8 cm³/mol. The Kier molecular flexibility index (Phi) is 5.33. The number of nitrogens with zero attached hydrogens (tertiary/aromatic N) is 1. The van der Waals surface area contributed by atoms with E-state index in [9.17, 15) is 0 Å². The van der Waals surface area contributed by atoms with Crippen LogP contribution in [0.1, 0.15) is 18.1 Å². The van der Waals surface area contributed by atoms with Crippen molar-refractivity contribution >= 4 is 0 Å². The molecule has 0 aliphatic heterocycles. The van der Waals surface area contributed by atoms with Crippen molar-refractivity contribution in [2.75, 3.05) is 0 Å². The van der Waals surface area contributed by atoms with Gasteiger partial charge < -0.3 is 10.1 Å². The molecule has 0 spiro atoms. The summed E-state index contributed by atoms with van der Waals surface area (Å²) >= 11 is 0. The van der Waals surface area contributed by atoms with E-state index in [0.717, 1.165) is 34.8 Å². The number of nitrogens with one attached hydrogen (secondary N) is 1. The fraction of sp³-hybridized carbons (Fsp3) is 0.136. The molecule has 3 heteroatoms. The Morgan fingerprint density at radius 2 is 1.96 bits per heavy atom. The van der Waals surface area contributed by atoms with E-state index in [1.54, 1.807) is 6.20 Å². The molecule has 0 amide bonds. The highest BCUT2D eigenvalue weighted by atomic mass is 16.5. The molecule has 0 saturated carbocycles. The second-order valence-corrected chi connectivity index (χ2v) is 5.82. The number of allylic oxidation sites excluding steroid dienone is 1. The molecule has 0 radical (unpaired) electrons. The van der Waals surface area contributed by atoms with Gasteiger partial charge in [-0.3, -0.25) is 0 Å². The Labute approximate surface area is 149 Å². The van der Waals surface area contributed by atoms with Crippen LogP contribution >= 0.6 is 0 Å². The minimum Gasteiger partial charge on any atom is -0.488 e. The Balaban J connectivity index is 1.72. The largest absolute Gasteiger partial charge is 0.488 e. The number of benzene rings is 2. The average molecular weight is 328 g/mol. The summed E-state index contributed by atoms with van der Waals surface area (Å²) in [6, 6.07) is 23.8. The molecule has 0 saturated heterocycles. The highest BCUT2D eigenvalue weighted by Crippen LogP contribution is 2.28. The third-order valence-corrected chi connectivity index (χ3v) is 3.70. The Bertz CT molecular complexity index is 843. The third-order valence-electron chi connectivity index (χ3n) is 3.70. The highest BCUT2D eigenvalue weighted by molar-refractivity contribution is 5.66. The third kappa shape index (κ3) is 4.62. The summed E-state index contributed by atoms with van der Waals surface area (Å²) in [4.78, 5) is 4.34. The fourth-order valence-electron chi connectivity index (χ4n) is 2.48. The summed E-state index contributed by atoms with van der Waals surface area (Å²) in [6.45, 7) is 7.08. The van der Waals surface area contributed by atoms with Crippen LogP contribution in [0.4, 0.5) is 0 Å². The summed E-state index contributed by atoms with van der Waals surface area (Å²) in [5.41, 5.74) is 5.06. The van der Waals surface area contributed by atoms with Gasteiger partial charge in [-0.25, -0.2) is 4.98 Å². The van der Waals surface area contributed by atoms with Gasteiger partial charge in [0.2, 0.25) is 0 Å². The molecule has 0 aliphatic carbocycles. The molecule has 0 unspecified atom stereocenters. The van der Waals surface area contributed by atoms with E-state index >= 15 is 0 Å². The van der Waals surface area contributed by atoms with E-state index < -0.39 is 0 Å².